The minimum absolute atomic E-state index is 0.00945. The molecule has 8 heteroatoms. The molecule has 1 spiro atoms. The van der Waals surface area contributed by atoms with E-state index >= 15 is 0 Å². The number of rotatable bonds is 5. The maximum Gasteiger partial charge on any atom is 0.326 e. The van der Waals surface area contributed by atoms with Crippen LogP contribution in [-0.4, -0.2) is 47.3 Å². The first-order valence-electron chi connectivity index (χ1n) is 8.92. The van der Waals surface area contributed by atoms with Crippen molar-refractivity contribution in [2.24, 2.45) is 5.92 Å². The highest BCUT2D eigenvalue weighted by atomic mass is 35.5. The lowest BCUT2D eigenvalue weighted by Crippen LogP contribution is -2.54. The normalized spacial score (nSPS) is 24.8. The summed E-state index contributed by atoms with van der Waals surface area (Å²) in [7, 11) is 0. The maximum absolute atomic E-state index is 12.8. The largest absolute Gasteiger partial charge is 0.456 e. The maximum atomic E-state index is 12.8. The molecule has 7 nitrogen and oxygen atoms in total. The lowest BCUT2D eigenvalue weighted by atomic mass is 9.73. The zero-order chi connectivity index (χ0) is 19.6. The Morgan fingerprint density at radius 1 is 1.26 bits per heavy atom. The highest BCUT2D eigenvalue weighted by Crippen LogP contribution is 2.38. The van der Waals surface area contributed by atoms with Crippen molar-refractivity contribution in [1.29, 1.82) is 0 Å². The summed E-state index contributed by atoms with van der Waals surface area (Å²) in [6.45, 7) is 0.961. The summed E-state index contributed by atoms with van der Waals surface area (Å²) >= 11 is 5.77. The lowest BCUT2D eigenvalue weighted by Gasteiger charge is -2.36. The molecule has 0 bridgehead atoms. The highest BCUT2D eigenvalue weighted by molar-refractivity contribution is 6.30. The number of ketones is 1. The Labute approximate surface area is 162 Å². The number of halogens is 1. The summed E-state index contributed by atoms with van der Waals surface area (Å²) in [5.41, 5.74) is -0.563. The molecule has 1 aliphatic carbocycles. The van der Waals surface area contributed by atoms with Gasteiger partial charge in [0.25, 0.3) is 5.91 Å². The first-order valence-corrected chi connectivity index (χ1v) is 9.30. The van der Waals surface area contributed by atoms with E-state index in [2.05, 4.69) is 5.32 Å². The van der Waals surface area contributed by atoms with Gasteiger partial charge in [-0.1, -0.05) is 31.4 Å². The van der Waals surface area contributed by atoms with Gasteiger partial charge in [-0.15, -0.1) is 0 Å². The molecule has 1 N–H and O–H groups in total. The average molecular weight is 393 g/mol. The monoisotopic (exact) mass is 392 g/mol. The molecule has 0 radical (unpaired) electrons. The number of nitrogens with one attached hydrogen (secondary N) is 1. The summed E-state index contributed by atoms with van der Waals surface area (Å²) < 4.78 is 4.95. The van der Waals surface area contributed by atoms with Crippen LogP contribution in [0.5, 0.6) is 0 Å². The third-order valence-electron chi connectivity index (χ3n) is 5.32. The van der Waals surface area contributed by atoms with Gasteiger partial charge >= 0.3 is 12.0 Å². The van der Waals surface area contributed by atoms with Crippen molar-refractivity contribution >= 4 is 35.3 Å². The second kappa shape index (κ2) is 7.68. The molecule has 2 aliphatic rings. The third kappa shape index (κ3) is 3.83. The molecule has 1 aromatic rings. The van der Waals surface area contributed by atoms with E-state index in [9.17, 15) is 19.2 Å². The quantitative estimate of drug-likeness (QED) is 0.472. The second-order valence-electron chi connectivity index (χ2n) is 7.03. The molecule has 2 atom stereocenters. The minimum atomic E-state index is -0.922. The summed E-state index contributed by atoms with van der Waals surface area (Å²) in [4.78, 5) is 50.0. The predicted octanol–water partition coefficient (Wildman–Crippen LogP) is 2.57. The number of esters is 1. The number of carbonyl (C=O) groups excluding carboxylic acids is 4. The standard InChI is InChI=1S/C19H21ClN2O5/c1-12-4-2-3-9-19(12)17(25)22(18(26)21-19)10-16(24)27-11-15(23)13-5-7-14(20)8-6-13/h5-8,12H,2-4,9-11H2,1H3,(H,21,26)/t12-,19+/m0/s1. The molecule has 3 rings (SSSR count). The van der Waals surface area contributed by atoms with Crippen LogP contribution in [0.3, 0.4) is 0 Å². The van der Waals surface area contributed by atoms with Gasteiger partial charge in [-0.05, 0) is 43.0 Å². The van der Waals surface area contributed by atoms with Crippen molar-refractivity contribution < 1.29 is 23.9 Å². The average Bonchev–Trinajstić information content (AvgIpc) is 2.88. The predicted molar refractivity (Wildman–Crippen MR) is 97.3 cm³/mol. The zero-order valence-corrected chi connectivity index (χ0v) is 15.8. The third-order valence-corrected chi connectivity index (χ3v) is 5.57. The van der Waals surface area contributed by atoms with Crippen LogP contribution in [-0.2, 0) is 14.3 Å². The van der Waals surface area contributed by atoms with Crippen LogP contribution in [0.25, 0.3) is 0 Å². The van der Waals surface area contributed by atoms with Crippen LogP contribution in [0, 0.1) is 5.92 Å². The van der Waals surface area contributed by atoms with Gasteiger partial charge in [0.15, 0.2) is 12.4 Å². The Kier molecular flexibility index (Phi) is 5.51. The zero-order valence-electron chi connectivity index (χ0n) is 15.0. The number of Topliss-reactive ketones (excluding diaryl/α,β-unsaturated/α-hetero) is 1. The second-order valence-corrected chi connectivity index (χ2v) is 7.47. The summed E-state index contributed by atoms with van der Waals surface area (Å²) in [6.07, 6.45) is 3.28. The number of nitrogens with zero attached hydrogens (tertiary/aromatic N) is 1. The van der Waals surface area contributed by atoms with Crippen LogP contribution in [0.2, 0.25) is 5.02 Å². The molecule has 2 fully saturated rings. The van der Waals surface area contributed by atoms with Crippen molar-refractivity contribution in [3.63, 3.8) is 0 Å². The van der Waals surface area contributed by atoms with E-state index in [4.69, 9.17) is 16.3 Å². The number of carbonyl (C=O) groups is 4. The Morgan fingerprint density at radius 3 is 2.63 bits per heavy atom. The van der Waals surface area contributed by atoms with Crippen molar-refractivity contribution in [3.8, 4) is 0 Å². The van der Waals surface area contributed by atoms with Gasteiger partial charge in [-0.25, -0.2) is 4.79 Å². The Balaban J connectivity index is 1.57. The van der Waals surface area contributed by atoms with Crippen LogP contribution < -0.4 is 5.32 Å². The molecular formula is C19H21ClN2O5. The molecule has 0 unspecified atom stereocenters. The van der Waals surface area contributed by atoms with E-state index in [1.165, 1.54) is 12.1 Å². The van der Waals surface area contributed by atoms with Crippen LogP contribution >= 0.6 is 11.6 Å². The molecular weight excluding hydrogens is 372 g/mol. The molecule has 3 amide bonds. The van der Waals surface area contributed by atoms with E-state index in [-0.39, 0.29) is 11.8 Å². The number of hydrogen-bond donors (Lipinski definition) is 1. The summed E-state index contributed by atoms with van der Waals surface area (Å²) in [5.74, 6) is -1.58. The molecule has 144 valence electrons. The van der Waals surface area contributed by atoms with E-state index in [1.54, 1.807) is 12.1 Å². The van der Waals surface area contributed by atoms with Crippen LogP contribution in [0.15, 0.2) is 24.3 Å². The molecule has 1 saturated heterocycles. The minimum Gasteiger partial charge on any atom is -0.456 e. The first kappa shape index (κ1) is 19.4. The van der Waals surface area contributed by atoms with Gasteiger partial charge in [-0.3, -0.25) is 19.3 Å². The van der Waals surface area contributed by atoms with E-state index in [0.29, 0.717) is 17.0 Å². The van der Waals surface area contributed by atoms with Gasteiger partial charge in [0.2, 0.25) is 0 Å². The van der Waals surface area contributed by atoms with E-state index in [1.807, 2.05) is 6.92 Å². The fourth-order valence-corrected chi connectivity index (χ4v) is 3.80. The first-order chi connectivity index (χ1) is 12.8. The Hall–Kier alpha value is -2.41. The van der Waals surface area contributed by atoms with Crippen molar-refractivity contribution in [2.75, 3.05) is 13.2 Å². The SMILES string of the molecule is C[C@H]1CCCC[C@@]12NC(=O)N(CC(=O)OCC(=O)c1ccc(Cl)cc1)C2=O. The topological polar surface area (TPSA) is 92.8 Å². The lowest BCUT2D eigenvalue weighted by molar-refractivity contribution is -0.147. The summed E-state index contributed by atoms with van der Waals surface area (Å²) in [5, 5.41) is 3.26. The van der Waals surface area contributed by atoms with Gasteiger partial charge in [-0.2, -0.15) is 0 Å². The van der Waals surface area contributed by atoms with Gasteiger partial charge in [0, 0.05) is 10.6 Å². The Bertz CT molecular complexity index is 779. The summed E-state index contributed by atoms with van der Waals surface area (Å²) in [6, 6.07) is 5.60. The van der Waals surface area contributed by atoms with Gasteiger partial charge < -0.3 is 10.1 Å². The number of urea groups is 1. The molecule has 1 aliphatic heterocycles. The van der Waals surface area contributed by atoms with Crippen LogP contribution in [0.4, 0.5) is 4.79 Å². The molecule has 27 heavy (non-hydrogen) atoms. The highest BCUT2D eigenvalue weighted by Gasteiger charge is 2.55. The Morgan fingerprint density at radius 2 is 1.96 bits per heavy atom. The number of amides is 3. The number of ether oxygens (including phenoxy) is 1. The molecule has 1 heterocycles. The van der Waals surface area contributed by atoms with Gasteiger partial charge in [0.1, 0.15) is 12.1 Å². The van der Waals surface area contributed by atoms with E-state index in [0.717, 1.165) is 24.2 Å². The van der Waals surface area contributed by atoms with Gasteiger partial charge in [0.05, 0.1) is 0 Å². The molecule has 1 aromatic carbocycles. The number of hydrogen-bond acceptors (Lipinski definition) is 5. The molecule has 0 aromatic heterocycles. The molecule has 1 saturated carbocycles. The van der Waals surface area contributed by atoms with Crippen molar-refractivity contribution in [3.05, 3.63) is 34.9 Å². The van der Waals surface area contributed by atoms with Crippen molar-refractivity contribution in [1.82, 2.24) is 10.2 Å². The number of benzene rings is 1. The van der Waals surface area contributed by atoms with E-state index < -0.39 is 36.5 Å². The van der Waals surface area contributed by atoms with Crippen LogP contribution in [0.1, 0.15) is 43.0 Å². The smallest absolute Gasteiger partial charge is 0.326 e. The van der Waals surface area contributed by atoms with Crippen molar-refractivity contribution in [2.45, 2.75) is 38.1 Å². The fourth-order valence-electron chi connectivity index (χ4n) is 3.68. The number of imide groups is 1. The fraction of sp³-hybridized carbons (Fsp3) is 0.474.